The number of methoxy groups -OCH3 is 1. The van der Waals surface area contributed by atoms with Crippen molar-refractivity contribution in [1.82, 2.24) is 9.47 Å². The number of nitrogens with zero attached hydrogens (tertiary/aromatic N) is 2. The van der Waals surface area contributed by atoms with E-state index >= 15 is 0 Å². The maximum atomic E-state index is 10.2. The molecule has 25 heavy (non-hydrogen) atoms. The van der Waals surface area contributed by atoms with Crippen molar-refractivity contribution in [2.45, 2.75) is 45.9 Å². The Kier molecular flexibility index (Phi) is 8.19. The first kappa shape index (κ1) is 19.7. The van der Waals surface area contributed by atoms with Crippen LogP contribution in [0.3, 0.4) is 0 Å². The van der Waals surface area contributed by atoms with Crippen LogP contribution < -0.4 is 0 Å². The highest BCUT2D eigenvalue weighted by Gasteiger charge is 2.14. The number of rotatable bonds is 11. The minimum absolute atomic E-state index is 0.276. The van der Waals surface area contributed by atoms with Crippen LogP contribution in [0.1, 0.15) is 36.6 Å². The summed E-state index contributed by atoms with van der Waals surface area (Å²) in [5, 5.41) is 10.2. The summed E-state index contributed by atoms with van der Waals surface area (Å²) in [7, 11) is 1.72. The number of aliphatic hydroxyl groups is 1. The molecule has 1 heterocycles. The molecule has 0 amide bonds. The predicted molar refractivity (Wildman–Crippen MR) is 103 cm³/mol. The van der Waals surface area contributed by atoms with Crippen LogP contribution in [-0.2, 0) is 17.8 Å². The van der Waals surface area contributed by atoms with Gasteiger partial charge in [-0.1, -0.05) is 37.6 Å². The molecule has 1 atom stereocenters. The van der Waals surface area contributed by atoms with E-state index in [0.717, 1.165) is 32.5 Å². The Morgan fingerprint density at radius 1 is 1.20 bits per heavy atom. The van der Waals surface area contributed by atoms with Crippen molar-refractivity contribution in [3.63, 3.8) is 0 Å². The summed E-state index contributed by atoms with van der Waals surface area (Å²) < 4.78 is 7.54. The second-order valence-corrected chi connectivity index (χ2v) is 6.72. The second kappa shape index (κ2) is 10.4. The summed E-state index contributed by atoms with van der Waals surface area (Å²) in [6.07, 6.45) is 3.71. The third-order valence-electron chi connectivity index (χ3n) is 4.61. The van der Waals surface area contributed by atoms with Gasteiger partial charge in [-0.25, -0.2) is 0 Å². The van der Waals surface area contributed by atoms with Gasteiger partial charge in [-0.2, -0.15) is 0 Å². The first-order chi connectivity index (χ1) is 12.1. The fraction of sp³-hybridized carbons (Fsp3) is 0.524. The summed E-state index contributed by atoms with van der Waals surface area (Å²) in [4.78, 5) is 2.29. The number of hydrogen-bond donors (Lipinski definition) is 1. The van der Waals surface area contributed by atoms with E-state index in [-0.39, 0.29) is 6.10 Å². The third-order valence-corrected chi connectivity index (χ3v) is 4.61. The van der Waals surface area contributed by atoms with Crippen molar-refractivity contribution in [2.24, 2.45) is 0 Å². The molecule has 0 unspecified atom stereocenters. The quantitative estimate of drug-likeness (QED) is 0.678. The van der Waals surface area contributed by atoms with E-state index in [1.807, 2.05) is 0 Å². The highest BCUT2D eigenvalue weighted by molar-refractivity contribution is 5.26. The van der Waals surface area contributed by atoms with Gasteiger partial charge in [0.05, 0.1) is 12.7 Å². The Hall–Kier alpha value is -1.62. The number of aromatic nitrogens is 1. The van der Waals surface area contributed by atoms with Crippen LogP contribution in [0.4, 0.5) is 0 Å². The maximum Gasteiger partial charge on any atom is 0.0667 e. The van der Waals surface area contributed by atoms with Crippen molar-refractivity contribution in [2.75, 3.05) is 26.8 Å². The van der Waals surface area contributed by atoms with Gasteiger partial charge < -0.3 is 14.4 Å². The van der Waals surface area contributed by atoms with E-state index in [9.17, 15) is 5.11 Å². The van der Waals surface area contributed by atoms with Crippen molar-refractivity contribution in [3.05, 3.63) is 59.4 Å². The molecule has 138 valence electrons. The van der Waals surface area contributed by atoms with Crippen LogP contribution in [0, 0.1) is 6.92 Å². The molecule has 0 spiro atoms. The Morgan fingerprint density at radius 2 is 2.00 bits per heavy atom. The molecule has 1 N–H and O–H groups in total. The molecule has 0 saturated heterocycles. The van der Waals surface area contributed by atoms with Gasteiger partial charge in [-0.05, 0) is 36.6 Å². The molecule has 1 aromatic heterocycles. The topological polar surface area (TPSA) is 37.6 Å². The fourth-order valence-corrected chi connectivity index (χ4v) is 3.13. The van der Waals surface area contributed by atoms with Gasteiger partial charge in [0.2, 0.25) is 0 Å². The molecule has 2 aromatic rings. The summed E-state index contributed by atoms with van der Waals surface area (Å²) in [5.74, 6) is 0. The average molecular weight is 344 g/mol. The number of ether oxygens (including phenoxy) is 1. The molecule has 0 bridgehead atoms. The number of aliphatic hydroxyl groups excluding tert-OH is 1. The molecule has 0 radical (unpaired) electrons. The highest BCUT2D eigenvalue weighted by atomic mass is 16.5. The van der Waals surface area contributed by atoms with Gasteiger partial charge in [0.1, 0.15) is 0 Å². The van der Waals surface area contributed by atoms with Crippen LogP contribution in [0.5, 0.6) is 0 Å². The van der Waals surface area contributed by atoms with E-state index in [4.69, 9.17) is 4.74 Å². The third kappa shape index (κ3) is 6.31. The molecule has 1 aromatic carbocycles. The van der Waals surface area contributed by atoms with Crippen molar-refractivity contribution < 1.29 is 9.84 Å². The normalized spacial score (nSPS) is 12.7. The average Bonchev–Trinajstić information content (AvgIpc) is 3.02. The predicted octanol–water partition coefficient (Wildman–Crippen LogP) is 3.45. The Morgan fingerprint density at radius 3 is 2.72 bits per heavy atom. The first-order valence-corrected chi connectivity index (χ1v) is 9.22. The molecule has 4 heteroatoms. The van der Waals surface area contributed by atoms with Crippen LogP contribution in [0.15, 0.2) is 42.6 Å². The lowest BCUT2D eigenvalue weighted by atomic mass is 10.1. The Labute approximate surface area is 152 Å². The van der Waals surface area contributed by atoms with E-state index < -0.39 is 0 Å². The van der Waals surface area contributed by atoms with Crippen LogP contribution >= 0.6 is 0 Å². The monoisotopic (exact) mass is 344 g/mol. The zero-order valence-corrected chi connectivity index (χ0v) is 15.8. The maximum absolute atomic E-state index is 10.2. The summed E-state index contributed by atoms with van der Waals surface area (Å²) in [6, 6.07) is 12.8. The van der Waals surface area contributed by atoms with Crippen LogP contribution in [0.25, 0.3) is 0 Å². The largest absolute Gasteiger partial charge is 0.392 e. The van der Waals surface area contributed by atoms with E-state index in [1.165, 1.54) is 16.8 Å². The Bertz CT molecular complexity index is 624. The van der Waals surface area contributed by atoms with Crippen LogP contribution in [-0.4, -0.2) is 47.5 Å². The first-order valence-electron chi connectivity index (χ1n) is 9.22. The molecule has 0 aliphatic carbocycles. The number of aryl methyl sites for hydroxylation is 1. The number of benzene rings is 1. The lowest BCUT2D eigenvalue weighted by molar-refractivity contribution is 0.0788. The van der Waals surface area contributed by atoms with Gasteiger partial charge in [-0.3, -0.25) is 4.90 Å². The van der Waals surface area contributed by atoms with Gasteiger partial charge in [0.15, 0.2) is 0 Å². The molecule has 0 aliphatic rings. The summed E-state index contributed by atoms with van der Waals surface area (Å²) in [6.45, 7) is 8.16. The van der Waals surface area contributed by atoms with Crippen LogP contribution in [0.2, 0.25) is 0 Å². The molecular weight excluding hydrogens is 312 g/mol. The second-order valence-electron chi connectivity index (χ2n) is 6.72. The van der Waals surface area contributed by atoms with E-state index in [1.54, 1.807) is 7.11 Å². The number of hydrogen-bond acceptors (Lipinski definition) is 3. The van der Waals surface area contributed by atoms with Gasteiger partial charge in [0.25, 0.3) is 0 Å². The lowest BCUT2D eigenvalue weighted by Crippen LogP contribution is -2.35. The van der Waals surface area contributed by atoms with Crippen molar-refractivity contribution in [3.8, 4) is 0 Å². The van der Waals surface area contributed by atoms with E-state index in [0.29, 0.717) is 13.2 Å². The smallest absolute Gasteiger partial charge is 0.0667 e. The molecule has 0 fully saturated rings. The molecule has 2 rings (SSSR count). The standard InChI is InChI=1S/C21H32N2O2/c1-4-8-21(24)17-22(13-14-25-3)16-20-11-7-12-23(20)15-19-10-6-5-9-18(19)2/h5-7,9-12,21,24H,4,8,13-17H2,1-3H3/t21-/m1/s1. The Balaban J connectivity index is 2.06. The zero-order valence-electron chi connectivity index (χ0n) is 15.8. The van der Waals surface area contributed by atoms with Gasteiger partial charge in [-0.15, -0.1) is 0 Å². The molecule has 4 nitrogen and oxygen atoms in total. The zero-order chi connectivity index (χ0) is 18.1. The van der Waals surface area contributed by atoms with Crippen molar-refractivity contribution in [1.29, 1.82) is 0 Å². The molecular formula is C21H32N2O2. The fourth-order valence-electron chi connectivity index (χ4n) is 3.13. The summed E-state index contributed by atoms with van der Waals surface area (Å²) in [5.41, 5.74) is 3.93. The molecule has 0 aliphatic heterocycles. The van der Waals surface area contributed by atoms with Gasteiger partial charge in [0, 0.05) is 45.2 Å². The highest BCUT2D eigenvalue weighted by Crippen LogP contribution is 2.14. The van der Waals surface area contributed by atoms with Gasteiger partial charge >= 0.3 is 0 Å². The minimum atomic E-state index is -0.276. The minimum Gasteiger partial charge on any atom is -0.392 e. The SMILES string of the molecule is CCC[C@@H](O)CN(CCOC)Cc1cccn1Cc1ccccc1C. The van der Waals surface area contributed by atoms with E-state index in [2.05, 4.69) is 65.9 Å². The van der Waals surface area contributed by atoms with Crippen molar-refractivity contribution >= 4 is 0 Å². The lowest BCUT2D eigenvalue weighted by Gasteiger charge is -2.25. The summed E-state index contributed by atoms with van der Waals surface area (Å²) >= 11 is 0. The molecule has 0 saturated carbocycles.